The standard InChI is InChI=1S/C57H39N5.C46H32N4.C34H24N4/c1-5-15-40(16-6-1)42-25-29-45(30-26-42)55-58-56(46-31-27-43(28-32-46)41-17-7-2-8-18-41)60-57(59-55)62-53-24-14-13-23-51(53)52-38-35-47(39-54(52)62)44-33-36-50(37-34-44)61(48-19-9-3-10-20-48)49-21-11-4-12-22-49;1-5-15-34(16-6-1)42-32-45(48-46(47-42)35-17-7-2-8-18-35)50-43-24-14-13-23-40(43)41-30-27-36(31-44(41)50)33-25-28-39(29-26-33)49(37-19-9-3-10-20-37)38-21-11-4-12-22-38;1-3-10-27(11-4-1)37(28-12-5-2-6-13-28)29-19-16-25(17-20-29)26-18-21-31-30-14-7-8-15-32(30)38(33(31)24-26)34-35-22-9-23-36-34/h1-39H;1-32H;1-24H. The SMILES string of the molecule is c1ccc(-c2cc(-n3c4ccccc4c4ccc(-c5ccc(N(c6ccccc6)c6ccccc6)cc5)cc43)nc(-c3ccccc3)n2)cc1.c1ccc(-c2ccc(-c3nc(-c4ccc(-c5ccccc5)cc4)nc(-n4c5ccccc5c5ccc(-c6ccc(N(c7ccccc7)c7ccccc7)cc6)cc54)n3)cc2)cc1.c1ccc(N(c2ccccc2)c2ccc(-c3ccc4c5ccccc5n(-c5ncccn5)c4c3)cc2)cc1. The number of hydrogen-bond acceptors (Lipinski definition) is 10. The van der Waals surface area contributed by atoms with Gasteiger partial charge in [0.25, 0.3) is 0 Å². The van der Waals surface area contributed by atoms with Crippen molar-refractivity contribution in [2.24, 2.45) is 0 Å². The average molecular weight is 1920 g/mol. The van der Waals surface area contributed by atoms with Crippen molar-refractivity contribution in [1.29, 1.82) is 0 Å². The molecule has 27 aromatic rings. The van der Waals surface area contributed by atoms with Crippen molar-refractivity contribution in [3.05, 3.63) is 577 Å². The van der Waals surface area contributed by atoms with Crippen LogP contribution in [0, 0.1) is 0 Å². The summed E-state index contributed by atoms with van der Waals surface area (Å²) < 4.78 is 6.63. The quantitative estimate of drug-likeness (QED) is 0.0689. The van der Waals surface area contributed by atoms with E-state index in [0.717, 1.165) is 184 Å². The topological polar surface area (TPSA) is 115 Å². The normalized spacial score (nSPS) is 11.2. The summed E-state index contributed by atoms with van der Waals surface area (Å²) in [5.74, 6) is 3.97. The van der Waals surface area contributed by atoms with Gasteiger partial charge in [0.05, 0.1) is 38.8 Å². The molecular weight excluding hydrogens is 1830 g/mol. The molecule has 0 unspecified atom stereocenters. The van der Waals surface area contributed by atoms with Gasteiger partial charge in [-0.05, 0) is 207 Å². The maximum Gasteiger partial charge on any atom is 0.238 e. The van der Waals surface area contributed by atoms with Crippen molar-refractivity contribution < 1.29 is 0 Å². The van der Waals surface area contributed by atoms with E-state index < -0.39 is 0 Å². The number of hydrogen-bond donors (Lipinski definition) is 0. The van der Waals surface area contributed by atoms with Crippen LogP contribution in [0.1, 0.15) is 0 Å². The molecule has 6 aromatic heterocycles. The minimum Gasteiger partial charge on any atom is -0.311 e. The Kier molecular flexibility index (Phi) is 24.9. The second kappa shape index (κ2) is 41.1. The lowest BCUT2D eigenvalue weighted by Gasteiger charge is -2.25. The van der Waals surface area contributed by atoms with Crippen molar-refractivity contribution in [2.45, 2.75) is 0 Å². The molecule has 6 heterocycles. The molecule has 708 valence electrons. The molecule has 27 rings (SSSR count). The zero-order valence-corrected chi connectivity index (χ0v) is 81.7. The highest BCUT2D eigenvalue weighted by atomic mass is 15.2. The predicted molar refractivity (Wildman–Crippen MR) is 620 cm³/mol. The van der Waals surface area contributed by atoms with E-state index in [1.807, 2.05) is 54.6 Å². The fourth-order valence-corrected chi connectivity index (χ4v) is 20.4. The zero-order chi connectivity index (χ0) is 99.8. The molecule has 150 heavy (non-hydrogen) atoms. The summed E-state index contributed by atoms with van der Waals surface area (Å²) in [7, 11) is 0. The number of rotatable bonds is 21. The first-order valence-corrected chi connectivity index (χ1v) is 50.4. The number of benzene rings is 21. The first-order valence-electron chi connectivity index (χ1n) is 50.4. The Hall–Kier alpha value is -20.4. The third-order valence-electron chi connectivity index (χ3n) is 27.6. The van der Waals surface area contributed by atoms with E-state index in [4.69, 9.17) is 24.9 Å². The summed E-state index contributed by atoms with van der Waals surface area (Å²) in [6.07, 6.45) is 3.58. The van der Waals surface area contributed by atoms with Crippen LogP contribution in [0.15, 0.2) is 577 Å². The molecule has 0 fully saturated rings. The van der Waals surface area contributed by atoms with Crippen LogP contribution in [-0.2, 0) is 0 Å². The first kappa shape index (κ1) is 90.8. The second-order valence-corrected chi connectivity index (χ2v) is 36.8. The van der Waals surface area contributed by atoms with Crippen LogP contribution in [0.25, 0.3) is 184 Å². The third kappa shape index (κ3) is 18.4. The molecule has 21 aromatic carbocycles. The van der Waals surface area contributed by atoms with Gasteiger partial charge in [-0.3, -0.25) is 13.7 Å². The summed E-state index contributed by atoms with van der Waals surface area (Å²) in [4.78, 5) is 41.9. The Morgan fingerprint density at radius 3 is 0.707 bits per heavy atom. The fourth-order valence-electron chi connectivity index (χ4n) is 20.4. The maximum atomic E-state index is 5.27. The highest BCUT2D eigenvalue weighted by Gasteiger charge is 2.25. The number of nitrogens with zero attached hydrogens (tertiary/aromatic N) is 13. The molecule has 0 radical (unpaired) electrons. The Morgan fingerprint density at radius 2 is 0.367 bits per heavy atom. The lowest BCUT2D eigenvalue weighted by atomic mass is 10.0. The molecule has 0 spiro atoms. The van der Waals surface area contributed by atoms with Crippen molar-refractivity contribution >= 4 is 117 Å². The van der Waals surface area contributed by atoms with E-state index in [2.05, 4.69) is 548 Å². The van der Waals surface area contributed by atoms with E-state index in [1.54, 1.807) is 12.4 Å². The second-order valence-electron chi connectivity index (χ2n) is 36.8. The molecule has 0 saturated carbocycles. The minimum absolute atomic E-state index is 0.560. The van der Waals surface area contributed by atoms with Crippen LogP contribution < -0.4 is 14.7 Å². The largest absolute Gasteiger partial charge is 0.311 e. The number of para-hydroxylation sites is 9. The van der Waals surface area contributed by atoms with E-state index >= 15 is 0 Å². The van der Waals surface area contributed by atoms with Crippen molar-refractivity contribution in [3.8, 4) is 119 Å². The Balaban J connectivity index is 0.000000120. The monoisotopic (exact) mass is 1920 g/mol. The van der Waals surface area contributed by atoms with Gasteiger partial charge in [-0.2, -0.15) is 9.97 Å². The number of aromatic nitrogens is 10. The highest BCUT2D eigenvalue weighted by molar-refractivity contribution is 6.13. The van der Waals surface area contributed by atoms with Crippen molar-refractivity contribution in [1.82, 2.24) is 48.6 Å². The van der Waals surface area contributed by atoms with Crippen LogP contribution in [0.5, 0.6) is 0 Å². The van der Waals surface area contributed by atoms with Gasteiger partial charge in [-0.25, -0.2) is 24.9 Å². The Bertz CT molecular complexity index is 9130. The molecule has 0 saturated heterocycles. The average Bonchev–Trinajstić information content (AvgIpc) is 1.59. The molecule has 0 bridgehead atoms. The molecule has 0 atom stereocenters. The van der Waals surface area contributed by atoms with Crippen LogP contribution in [0.3, 0.4) is 0 Å². The zero-order valence-electron chi connectivity index (χ0n) is 81.7. The molecule has 13 heteroatoms. The van der Waals surface area contributed by atoms with E-state index in [9.17, 15) is 0 Å². The van der Waals surface area contributed by atoms with Crippen LogP contribution >= 0.6 is 0 Å². The first-order chi connectivity index (χ1) is 74.4. The van der Waals surface area contributed by atoms with Gasteiger partial charge in [0.1, 0.15) is 5.82 Å². The third-order valence-corrected chi connectivity index (χ3v) is 27.6. The van der Waals surface area contributed by atoms with E-state index in [1.165, 1.54) is 21.5 Å². The van der Waals surface area contributed by atoms with Gasteiger partial charge in [0, 0.05) is 124 Å². The van der Waals surface area contributed by atoms with Gasteiger partial charge >= 0.3 is 0 Å². The predicted octanol–water partition coefficient (Wildman–Crippen LogP) is 35.5. The summed E-state index contributed by atoms with van der Waals surface area (Å²) in [6, 6.07) is 197. The van der Waals surface area contributed by atoms with Gasteiger partial charge in [-0.15, -0.1) is 0 Å². The Morgan fingerprint density at radius 1 is 0.140 bits per heavy atom. The summed E-state index contributed by atoms with van der Waals surface area (Å²) >= 11 is 0. The molecule has 0 aliphatic heterocycles. The van der Waals surface area contributed by atoms with Gasteiger partial charge < -0.3 is 14.7 Å². The molecule has 13 nitrogen and oxygen atoms in total. The number of fused-ring (bicyclic) bond motifs is 9. The smallest absolute Gasteiger partial charge is 0.238 e. The van der Waals surface area contributed by atoms with Gasteiger partial charge in [0.2, 0.25) is 11.9 Å². The molecule has 0 amide bonds. The summed E-state index contributed by atoms with van der Waals surface area (Å²) in [5.41, 5.74) is 32.6. The van der Waals surface area contributed by atoms with Crippen molar-refractivity contribution in [3.63, 3.8) is 0 Å². The maximum absolute atomic E-state index is 5.27. The number of anilines is 9. The minimum atomic E-state index is 0.560. The van der Waals surface area contributed by atoms with Gasteiger partial charge in [-0.1, -0.05) is 406 Å². The van der Waals surface area contributed by atoms with E-state index in [-0.39, 0.29) is 0 Å². The van der Waals surface area contributed by atoms with Crippen LogP contribution in [0.2, 0.25) is 0 Å². The fraction of sp³-hybridized carbons (Fsp3) is 0. The summed E-state index contributed by atoms with van der Waals surface area (Å²) in [6.45, 7) is 0. The molecule has 0 N–H and O–H groups in total. The molecular formula is C137H95N13. The van der Waals surface area contributed by atoms with Crippen LogP contribution in [0.4, 0.5) is 51.2 Å². The van der Waals surface area contributed by atoms with Crippen LogP contribution in [-0.4, -0.2) is 48.6 Å². The van der Waals surface area contributed by atoms with Gasteiger partial charge in [0.15, 0.2) is 17.5 Å². The summed E-state index contributed by atoms with van der Waals surface area (Å²) in [5, 5.41) is 7.01. The lowest BCUT2D eigenvalue weighted by Crippen LogP contribution is -2.09. The molecule has 0 aliphatic carbocycles. The highest BCUT2D eigenvalue weighted by Crippen LogP contribution is 2.45. The lowest BCUT2D eigenvalue weighted by molar-refractivity contribution is 0.953. The molecule has 0 aliphatic rings. The Labute approximate surface area is 869 Å². The van der Waals surface area contributed by atoms with E-state index in [0.29, 0.717) is 29.4 Å². The van der Waals surface area contributed by atoms with Crippen molar-refractivity contribution in [2.75, 3.05) is 14.7 Å².